The number of amides is 1. The van der Waals surface area contributed by atoms with E-state index in [1.54, 1.807) is 18.2 Å². The van der Waals surface area contributed by atoms with Crippen LogP contribution in [0.2, 0.25) is 0 Å². The number of nitrogens with zero attached hydrogens (tertiary/aromatic N) is 1. The van der Waals surface area contributed by atoms with Gasteiger partial charge < -0.3 is 24.6 Å². The first-order chi connectivity index (χ1) is 37.0. The Morgan fingerprint density at radius 3 is 2.18 bits per heavy atom. The normalized spacial score (nSPS) is 27.6. The highest BCUT2D eigenvalue weighted by atomic mass is 32.2. The van der Waals surface area contributed by atoms with E-state index in [2.05, 4.69) is 76.4 Å². The Labute approximate surface area is 464 Å². The molecule has 0 saturated heterocycles. The van der Waals surface area contributed by atoms with Crippen LogP contribution in [-0.2, 0) is 51.0 Å². The maximum absolute atomic E-state index is 14.0. The highest BCUT2D eigenvalue weighted by Crippen LogP contribution is 2.68. The molecule has 424 valence electrons. The molecule has 4 saturated carbocycles. The molecule has 2 aliphatic heterocycles. The zero-order chi connectivity index (χ0) is 57.7. The van der Waals surface area contributed by atoms with Crippen molar-refractivity contribution < 1.29 is 64.1 Å². The molecular weight excluding hydrogens is 1050 g/mol. The number of fused-ring (bicyclic) bond motifs is 9. The van der Waals surface area contributed by atoms with E-state index in [1.165, 1.54) is 44.8 Å². The summed E-state index contributed by atoms with van der Waals surface area (Å²) >= 11 is 0. The van der Waals surface area contributed by atoms with Crippen LogP contribution in [0.3, 0.4) is 0 Å². The van der Waals surface area contributed by atoms with Crippen molar-refractivity contribution in [2.45, 2.75) is 144 Å². The van der Waals surface area contributed by atoms with Gasteiger partial charge in [-0.15, -0.1) is 12.6 Å². The van der Waals surface area contributed by atoms with Gasteiger partial charge in [0.05, 0.1) is 24.4 Å². The van der Waals surface area contributed by atoms with Crippen LogP contribution in [0, 0.1) is 45.8 Å². The van der Waals surface area contributed by atoms with Crippen LogP contribution in [0.4, 0.5) is 0 Å². The van der Waals surface area contributed by atoms with Crippen molar-refractivity contribution in [3.63, 3.8) is 0 Å². The minimum atomic E-state index is -4.39. The fourth-order valence-electron chi connectivity index (χ4n) is 15.3. The first-order valence-corrected chi connectivity index (χ1v) is 29.8. The van der Waals surface area contributed by atoms with Gasteiger partial charge in [0.1, 0.15) is 29.4 Å². The molecule has 5 aliphatic carbocycles. The van der Waals surface area contributed by atoms with E-state index >= 15 is 0 Å². The molecule has 4 fully saturated rings. The number of methoxy groups -OCH3 is 1. The Morgan fingerprint density at radius 1 is 0.886 bits per heavy atom. The van der Waals surface area contributed by atoms with Crippen molar-refractivity contribution in [2.24, 2.45) is 50.8 Å². The molecule has 0 radical (unpaired) electrons. The van der Waals surface area contributed by atoms with Crippen LogP contribution < -0.4 is 20.6 Å². The van der Waals surface area contributed by atoms with Crippen molar-refractivity contribution in [1.82, 2.24) is 5.32 Å². The van der Waals surface area contributed by atoms with E-state index in [4.69, 9.17) is 31.9 Å². The van der Waals surface area contributed by atoms with Gasteiger partial charge >= 0.3 is 22.5 Å². The van der Waals surface area contributed by atoms with Crippen LogP contribution in [0.1, 0.15) is 158 Å². The number of allylic oxidation sites excluding steroid dienone is 3. The number of hydrogen-bond acceptors (Lipinski definition) is 13. The number of aliphatic carboxylic acids is 1. The number of esters is 1. The molecule has 9 atom stereocenters. The van der Waals surface area contributed by atoms with Gasteiger partial charge in [-0.2, -0.15) is 8.42 Å². The number of rotatable bonds is 11. The topological polar surface area (TPSA) is 246 Å². The molecule has 18 heteroatoms. The molecule has 3 N–H and O–H groups in total. The van der Waals surface area contributed by atoms with Crippen molar-refractivity contribution in [1.29, 1.82) is 0 Å². The molecule has 79 heavy (non-hydrogen) atoms. The van der Waals surface area contributed by atoms with Crippen molar-refractivity contribution in [3.8, 4) is 11.5 Å². The Hall–Kier alpha value is -6.24. The summed E-state index contributed by atoms with van der Waals surface area (Å²) in [6.07, 6.45) is 13.6. The standard InChI is InChI=1S/C59H70N2O9S.C2H4O2.O3S/c1-32(2)45-16-17-46-40-15-14-38-23-39(18-20-58(38,8)47(40)19-21-59(45,46)9)69-55(65)49(27-52(62)63)60-54(64)35-12-10-34(11-13-35)53-43-24-41-33(3)28-56(4,5)29-36(41)22-50(43)70-51-26-48-42(25-44(51)53)37(31-71(66,67)68)30-57(6,7)61-48;1-4-2-3;1-4(2)3/h10-13,22,24-26,28,30,38-40,45-47,49H,1,14-21,23,27,29,31H2,2-9H3,(H,60,64)(H,62,63)(H,66,67,68);2H,1H3;/t38-,39-,40?,45?,46?,47?,49+,58+,59-;;/m1../s1. The van der Waals surface area contributed by atoms with Gasteiger partial charge in [-0.1, -0.05) is 64.1 Å². The lowest BCUT2D eigenvalue weighted by Gasteiger charge is -2.61. The van der Waals surface area contributed by atoms with Crippen LogP contribution >= 0.6 is 0 Å². The third-order valence-electron chi connectivity index (χ3n) is 18.4. The van der Waals surface area contributed by atoms with E-state index in [1.807, 2.05) is 38.1 Å². The van der Waals surface area contributed by atoms with Crippen LogP contribution in [0.5, 0.6) is 11.5 Å². The summed E-state index contributed by atoms with van der Waals surface area (Å²) in [5.41, 5.74) is 7.96. The number of carboxylic acid groups (broad SMARTS) is 1. The van der Waals surface area contributed by atoms with E-state index in [0.29, 0.717) is 75.2 Å². The van der Waals surface area contributed by atoms with Gasteiger partial charge in [-0.05, 0) is 196 Å². The molecule has 1 amide bonds. The number of nitrogens with one attached hydrogen (secondary N) is 1. The average Bonchev–Trinajstić information content (AvgIpc) is 3.78. The highest BCUT2D eigenvalue weighted by molar-refractivity contribution is 7.86. The monoisotopic (exact) mass is 1120 g/mol. The molecule has 3 aromatic rings. The van der Waals surface area contributed by atoms with Gasteiger partial charge in [0.2, 0.25) is 0 Å². The van der Waals surface area contributed by atoms with Crippen molar-refractivity contribution >= 4 is 61.8 Å². The second kappa shape index (κ2) is 22.4. The smallest absolute Gasteiger partial charge is 0.425 e. The fourth-order valence-corrected chi connectivity index (χ4v) is 16.0. The van der Waals surface area contributed by atoms with Crippen LogP contribution in [-0.4, -0.2) is 85.6 Å². The predicted octanol–water partition coefficient (Wildman–Crippen LogP) is 9.21. The van der Waals surface area contributed by atoms with Gasteiger partial charge in [0.15, 0.2) is 0 Å². The maximum Gasteiger partial charge on any atom is 0.425 e. The minimum absolute atomic E-state index is 0.0549. The maximum atomic E-state index is 14.0. The number of carbonyl (C=O) groups is 4. The highest BCUT2D eigenvalue weighted by Gasteiger charge is 2.60. The number of benzene rings is 3. The van der Waals surface area contributed by atoms with Gasteiger partial charge in [0, 0.05) is 33.5 Å². The largest absolute Gasteiger partial charge is 0.481 e. The summed E-state index contributed by atoms with van der Waals surface area (Å²) in [5.74, 6) is 1.14. The summed E-state index contributed by atoms with van der Waals surface area (Å²) in [7, 11) is -6.19. The zero-order valence-electron chi connectivity index (χ0n) is 46.6. The van der Waals surface area contributed by atoms with E-state index in [-0.39, 0.29) is 22.5 Å². The Kier molecular flexibility index (Phi) is 16.7. The summed E-state index contributed by atoms with van der Waals surface area (Å²) in [4.78, 5) is 54.0. The van der Waals surface area contributed by atoms with Gasteiger partial charge in [-0.3, -0.25) is 23.9 Å². The van der Waals surface area contributed by atoms with E-state index < -0.39 is 62.3 Å². The number of ether oxygens (including phenoxy) is 3. The van der Waals surface area contributed by atoms with Gasteiger partial charge in [-0.25, -0.2) is 4.79 Å². The van der Waals surface area contributed by atoms with Gasteiger partial charge in [0.25, 0.3) is 22.5 Å². The Balaban J connectivity index is 0.000000963. The molecule has 2 heterocycles. The lowest BCUT2D eigenvalue weighted by molar-refractivity contribution is -0.165. The number of carboxylic acids is 1. The first-order valence-electron chi connectivity index (χ1n) is 27.2. The lowest BCUT2D eigenvalue weighted by atomic mass is 9.44. The summed E-state index contributed by atoms with van der Waals surface area (Å²) < 4.78 is 76.7. The second-order valence-corrected chi connectivity index (χ2v) is 26.6. The molecule has 0 aromatic heterocycles. The van der Waals surface area contributed by atoms with Crippen LogP contribution in [0.15, 0.2) is 77.8 Å². The average molecular weight is 1120 g/mol. The van der Waals surface area contributed by atoms with Crippen molar-refractivity contribution in [2.75, 3.05) is 12.9 Å². The van der Waals surface area contributed by atoms with E-state index in [0.717, 1.165) is 65.0 Å². The number of carbonyl (C=O) groups excluding carboxylic acids is 3. The minimum Gasteiger partial charge on any atom is -0.481 e. The predicted molar refractivity (Wildman–Crippen MR) is 298 cm³/mol. The summed E-state index contributed by atoms with van der Waals surface area (Å²) in [5, 5.41) is 13.9. The molecule has 10 rings (SSSR count). The first kappa shape index (κ1) is 58.9. The third-order valence-corrected chi connectivity index (χ3v) is 19.0. The molecule has 0 spiro atoms. The van der Waals surface area contributed by atoms with E-state index in [9.17, 15) is 32.5 Å². The quantitative estimate of drug-likeness (QED) is 0.0549. The Bertz CT molecular complexity index is 3410. The molecular formula is C61H74N2O14S2. The lowest BCUT2D eigenvalue weighted by Crippen LogP contribution is -2.54. The molecule has 4 unspecified atom stereocenters. The third kappa shape index (κ3) is 12.4. The summed E-state index contributed by atoms with van der Waals surface area (Å²) in [6, 6.07) is 13.5. The SMILES string of the molecule is C=C(C)C1CCC2C3CC[C@@H]4C[C@H](OC(=O)[C@H](CC(=O)O)NC(=O)c5ccc(C6=c7cc8c(cc7Oc7cc9c(cc76)C(C)=CC(C)(C)C9)=NC(C)(C)C=C8CS(=O)(=O)O)cc5)CC[C@]4(C)C3CC[C@]12C.COC=O.O=S(=O)=O. The molecule has 3 aromatic carbocycles. The Morgan fingerprint density at radius 2 is 1.54 bits per heavy atom. The molecule has 7 aliphatic rings. The second-order valence-electron chi connectivity index (χ2n) is 24.8. The molecule has 0 bridgehead atoms. The summed E-state index contributed by atoms with van der Waals surface area (Å²) in [6.45, 7) is 22.2. The zero-order valence-corrected chi connectivity index (χ0v) is 48.3. The van der Waals surface area contributed by atoms with Crippen molar-refractivity contribution in [3.05, 3.63) is 117 Å². The number of hydrogen-bond donors (Lipinski definition) is 3. The van der Waals surface area contributed by atoms with Crippen LogP contribution in [0.25, 0.3) is 16.7 Å². The molecule has 16 nitrogen and oxygen atoms in total. The fraction of sp³-hybridized carbons (Fsp3) is 0.525.